The Morgan fingerprint density at radius 3 is 3.00 bits per heavy atom. The maximum Gasteiger partial charge on any atom is 0.150 e. The lowest BCUT2D eigenvalue weighted by Gasteiger charge is -2.28. The highest BCUT2D eigenvalue weighted by Gasteiger charge is 2.22. The van der Waals surface area contributed by atoms with Crippen LogP contribution < -0.4 is 10.1 Å². The molecule has 5 nitrogen and oxygen atoms in total. The van der Waals surface area contributed by atoms with Crippen LogP contribution in [0.5, 0.6) is 5.75 Å². The molecule has 112 valence electrons. The number of nitrogens with one attached hydrogen (secondary N) is 1. The van der Waals surface area contributed by atoms with Gasteiger partial charge in [0, 0.05) is 15.5 Å². The molecule has 0 unspecified atom stereocenters. The van der Waals surface area contributed by atoms with Crippen LogP contribution in [0.1, 0.15) is 5.56 Å². The molecule has 22 heavy (non-hydrogen) atoms. The molecule has 0 saturated heterocycles. The summed E-state index contributed by atoms with van der Waals surface area (Å²) in [4.78, 5) is 2.79. The first-order valence-electron chi connectivity index (χ1n) is 7.00. The van der Waals surface area contributed by atoms with E-state index in [-0.39, 0.29) is 6.10 Å². The molecule has 0 aromatic heterocycles. The van der Waals surface area contributed by atoms with Gasteiger partial charge in [-0.3, -0.25) is 0 Å². The Bertz CT molecular complexity index is 756. The standard InChI is InChI=1S/C16H15ClN4O/c1-10-7-11(17)5-6-13(10)14-3-2-4-15-16(14)22-12(8-19-15)9-20-21-18/h2-7,12,19H,8-9H2,1H3/t12-/m0/s1. The molecule has 0 amide bonds. The lowest BCUT2D eigenvalue weighted by Crippen LogP contribution is -2.33. The molecule has 0 saturated carbocycles. The van der Waals surface area contributed by atoms with Gasteiger partial charge in [0.05, 0.1) is 18.8 Å². The van der Waals surface area contributed by atoms with Gasteiger partial charge in [0.15, 0.2) is 5.75 Å². The van der Waals surface area contributed by atoms with Crippen LogP contribution in [-0.4, -0.2) is 19.2 Å². The van der Waals surface area contributed by atoms with Gasteiger partial charge >= 0.3 is 0 Å². The number of aryl methyl sites for hydroxylation is 1. The van der Waals surface area contributed by atoms with Crippen LogP contribution in [0.2, 0.25) is 5.02 Å². The molecule has 1 N–H and O–H groups in total. The van der Waals surface area contributed by atoms with Crippen molar-refractivity contribution in [3.8, 4) is 16.9 Å². The van der Waals surface area contributed by atoms with E-state index in [1.807, 2.05) is 43.3 Å². The monoisotopic (exact) mass is 314 g/mol. The fourth-order valence-electron chi connectivity index (χ4n) is 2.61. The number of hydrogen-bond acceptors (Lipinski definition) is 3. The number of para-hydroxylation sites is 1. The zero-order valence-corrected chi connectivity index (χ0v) is 12.8. The van der Waals surface area contributed by atoms with Gasteiger partial charge in [-0.15, -0.1) is 0 Å². The van der Waals surface area contributed by atoms with Gasteiger partial charge in [-0.1, -0.05) is 34.9 Å². The number of azide groups is 1. The van der Waals surface area contributed by atoms with Crippen LogP contribution in [-0.2, 0) is 0 Å². The Kier molecular flexibility index (Phi) is 4.09. The van der Waals surface area contributed by atoms with Crippen molar-refractivity contribution in [2.75, 3.05) is 18.4 Å². The Balaban J connectivity index is 2.02. The van der Waals surface area contributed by atoms with E-state index in [1.54, 1.807) is 0 Å². The van der Waals surface area contributed by atoms with Gasteiger partial charge in [-0.25, -0.2) is 0 Å². The maximum atomic E-state index is 8.46. The summed E-state index contributed by atoms with van der Waals surface area (Å²) in [6, 6.07) is 11.8. The van der Waals surface area contributed by atoms with Crippen LogP contribution in [0, 0.1) is 6.92 Å². The van der Waals surface area contributed by atoms with E-state index in [4.69, 9.17) is 21.9 Å². The maximum absolute atomic E-state index is 8.46. The molecule has 2 aromatic rings. The first-order chi connectivity index (χ1) is 10.7. The van der Waals surface area contributed by atoms with Crippen LogP contribution in [0.3, 0.4) is 0 Å². The van der Waals surface area contributed by atoms with Crippen LogP contribution in [0.15, 0.2) is 41.5 Å². The van der Waals surface area contributed by atoms with Crippen molar-refractivity contribution >= 4 is 17.3 Å². The summed E-state index contributed by atoms with van der Waals surface area (Å²) in [7, 11) is 0. The number of nitrogens with zero attached hydrogens (tertiary/aromatic N) is 3. The highest BCUT2D eigenvalue weighted by molar-refractivity contribution is 6.30. The molecule has 3 rings (SSSR count). The molecule has 1 aliphatic rings. The first kappa shape index (κ1) is 14.6. The van der Waals surface area contributed by atoms with Gasteiger partial charge in [-0.2, -0.15) is 0 Å². The number of ether oxygens (including phenoxy) is 1. The summed E-state index contributed by atoms with van der Waals surface area (Å²) in [5.41, 5.74) is 12.6. The minimum absolute atomic E-state index is 0.169. The van der Waals surface area contributed by atoms with E-state index in [9.17, 15) is 0 Å². The third-order valence-corrected chi connectivity index (χ3v) is 3.88. The molecule has 6 heteroatoms. The second-order valence-corrected chi connectivity index (χ2v) is 5.61. The first-order valence-corrected chi connectivity index (χ1v) is 7.38. The van der Waals surface area contributed by atoms with E-state index >= 15 is 0 Å². The number of anilines is 1. The summed E-state index contributed by atoms with van der Waals surface area (Å²) >= 11 is 6.04. The van der Waals surface area contributed by atoms with Crippen molar-refractivity contribution in [1.29, 1.82) is 0 Å². The Hall–Kier alpha value is -2.36. The quantitative estimate of drug-likeness (QED) is 0.502. The van der Waals surface area contributed by atoms with Crippen molar-refractivity contribution in [3.63, 3.8) is 0 Å². The predicted molar refractivity (Wildman–Crippen MR) is 88.5 cm³/mol. The molecular formula is C16H15ClN4O. The zero-order chi connectivity index (χ0) is 15.5. The van der Waals surface area contributed by atoms with Crippen LogP contribution in [0.4, 0.5) is 5.69 Å². The van der Waals surface area contributed by atoms with Crippen molar-refractivity contribution < 1.29 is 4.74 Å². The average molecular weight is 315 g/mol. The molecular weight excluding hydrogens is 300 g/mol. The second-order valence-electron chi connectivity index (χ2n) is 5.18. The zero-order valence-electron chi connectivity index (χ0n) is 12.1. The molecule has 0 aliphatic carbocycles. The number of benzene rings is 2. The van der Waals surface area contributed by atoms with Crippen molar-refractivity contribution in [2.45, 2.75) is 13.0 Å². The van der Waals surface area contributed by atoms with Gasteiger partial charge in [0.2, 0.25) is 0 Å². The van der Waals surface area contributed by atoms with Crippen molar-refractivity contribution in [2.24, 2.45) is 5.11 Å². The van der Waals surface area contributed by atoms with Gasteiger partial charge < -0.3 is 10.1 Å². The van der Waals surface area contributed by atoms with Crippen molar-refractivity contribution in [1.82, 2.24) is 0 Å². The lowest BCUT2D eigenvalue weighted by atomic mass is 9.98. The topological polar surface area (TPSA) is 70.0 Å². The predicted octanol–water partition coefficient (Wildman–Crippen LogP) is 4.80. The Morgan fingerprint density at radius 1 is 1.36 bits per heavy atom. The summed E-state index contributed by atoms with van der Waals surface area (Å²) in [6.45, 7) is 2.94. The summed E-state index contributed by atoms with van der Waals surface area (Å²) in [5, 5.41) is 7.64. The van der Waals surface area contributed by atoms with Crippen LogP contribution >= 0.6 is 11.6 Å². The molecule has 1 atom stereocenters. The number of halogens is 1. The Labute approximate surface area is 133 Å². The number of rotatable bonds is 3. The minimum atomic E-state index is -0.169. The molecule has 0 radical (unpaired) electrons. The highest BCUT2D eigenvalue weighted by atomic mass is 35.5. The van der Waals surface area contributed by atoms with E-state index < -0.39 is 0 Å². The molecule has 0 bridgehead atoms. The SMILES string of the molecule is Cc1cc(Cl)ccc1-c1cccc2c1O[C@H](CN=[N+]=[N-])CN2. The Morgan fingerprint density at radius 2 is 2.23 bits per heavy atom. The van der Waals surface area contributed by atoms with Crippen LogP contribution in [0.25, 0.3) is 21.6 Å². The normalized spacial score (nSPS) is 16.0. The molecule has 1 heterocycles. The van der Waals surface area contributed by atoms with Gasteiger partial charge in [0.25, 0.3) is 0 Å². The van der Waals surface area contributed by atoms with Gasteiger partial charge in [0.1, 0.15) is 6.10 Å². The lowest BCUT2D eigenvalue weighted by molar-refractivity contribution is 0.215. The summed E-state index contributed by atoms with van der Waals surface area (Å²) in [6.07, 6.45) is -0.169. The van der Waals surface area contributed by atoms with E-state index in [1.165, 1.54) is 0 Å². The fraction of sp³-hybridized carbons (Fsp3) is 0.250. The molecule has 0 fully saturated rings. The van der Waals surface area contributed by atoms with E-state index in [0.717, 1.165) is 28.1 Å². The summed E-state index contributed by atoms with van der Waals surface area (Å²) < 4.78 is 6.04. The molecule has 1 aliphatic heterocycles. The third-order valence-electron chi connectivity index (χ3n) is 3.65. The van der Waals surface area contributed by atoms with E-state index in [0.29, 0.717) is 18.1 Å². The second kappa shape index (κ2) is 6.18. The van der Waals surface area contributed by atoms with Gasteiger partial charge in [-0.05, 0) is 41.8 Å². The largest absolute Gasteiger partial charge is 0.486 e. The number of hydrogen-bond donors (Lipinski definition) is 1. The number of fused-ring (bicyclic) bond motifs is 1. The third kappa shape index (κ3) is 2.82. The molecule has 0 spiro atoms. The molecule has 2 aromatic carbocycles. The summed E-state index contributed by atoms with van der Waals surface area (Å²) in [5.74, 6) is 0.789. The fourth-order valence-corrected chi connectivity index (χ4v) is 2.83. The average Bonchev–Trinajstić information content (AvgIpc) is 2.52. The highest BCUT2D eigenvalue weighted by Crippen LogP contribution is 2.40. The minimum Gasteiger partial charge on any atom is -0.486 e. The van der Waals surface area contributed by atoms with Crippen molar-refractivity contribution in [3.05, 3.63) is 57.4 Å². The smallest absolute Gasteiger partial charge is 0.150 e. The van der Waals surface area contributed by atoms with E-state index in [2.05, 4.69) is 15.3 Å².